The number of hydrogen-bond donors (Lipinski definition) is 1. The monoisotopic (exact) mass is 315 g/mol. The van der Waals surface area contributed by atoms with E-state index in [4.69, 9.17) is 4.74 Å². The number of halogens is 1. The fourth-order valence-corrected chi connectivity index (χ4v) is 2.37. The highest BCUT2D eigenvalue weighted by Gasteiger charge is 2.14. The lowest BCUT2D eigenvalue weighted by molar-refractivity contribution is 0.149. The van der Waals surface area contributed by atoms with Crippen molar-refractivity contribution in [3.63, 3.8) is 0 Å². The summed E-state index contributed by atoms with van der Waals surface area (Å²) in [5, 5.41) is 3.26. The van der Waals surface area contributed by atoms with Gasteiger partial charge in [-0.05, 0) is 35.7 Å². The third kappa shape index (κ3) is 4.21. The van der Waals surface area contributed by atoms with E-state index in [1.807, 2.05) is 6.92 Å². The van der Waals surface area contributed by atoms with Crippen LogP contribution in [-0.4, -0.2) is 29.7 Å². The molecule has 0 saturated heterocycles. The van der Waals surface area contributed by atoms with Gasteiger partial charge in [0, 0.05) is 19.6 Å². The van der Waals surface area contributed by atoms with Crippen LogP contribution in [0.15, 0.2) is 4.47 Å². The normalized spacial score (nSPS) is 11.0. The van der Waals surface area contributed by atoms with Crippen LogP contribution >= 0.6 is 15.9 Å². The molecule has 0 fully saturated rings. The molecule has 0 saturated carbocycles. The molecular weight excluding hydrogens is 294 g/mol. The molecule has 5 heteroatoms. The molecule has 0 aliphatic rings. The van der Waals surface area contributed by atoms with Crippen molar-refractivity contribution >= 4 is 21.7 Å². The number of nitrogens with one attached hydrogen (secondary N) is 1. The zero-order valence-electron chi connectivity index (χ0n) is 11.6. The molecule has 102 valence electrons. The van der Waals surface area contributed by atoms with Crippen LogP contribution in [0.25, 0.3) is 0 Å². The maximum Gasteiger partial charge on any atom is 0.144 e. The molecule has 1 heterocycles. The van der Waals surface area contributed by atoms with Gasteiger partial charge in [-0.3, -0.25) is 0 Å². The van der Waals surface area contributed by atoms with Crippen molar-refractivity contribution < 1.29 is 4.74 Å². The molecule has 0 aromatic carbocycles. The zero-order chi connectivity index (χ0) is 13.5. The van der Waals surface area contributed by atoms with Gasteiger partial charge in [-0.25, -0.2) is 9.97 Å². The summed E-state index contributed by atoms with van der Waals surface area (Å²) in [5.74, 6) is 2.08. The fourth-order valence-electron chi connectivity index (χ4n) is 1.60. The van der Waals surface area contributed by atoms with Gasteiger partial charge in [-0.15, -0.1) is 0 Å². The van der Waals surface area contributed by atoms with Gasteiger partial charge in [0.15, 0.2) is 0 Å². The van der Waals surface area contributed by atoms with Crippen LogP contribution in [0.2, 0.25) is 0 Å². The lowest BCUT2D eigenvalue weighted by atomic mass is 10.1. The predicted octanol–water partition coefficient (Wildman–Crippen LogP) is 3.37. The summed E-state index contributed by atoms with van der Waals surface area (Å²) in [6, 6.07) is 0. The molecule has 1 rings (SSSR count). The van der Waals surface area contributed by atoms with Gasteiger partial charge in [0.1, 0.15) is 11.6 Å². The van der Waals surface area contributed by atoms with Crippen molar-refractivity contribution in [2.24, 2.45) is 0 Å². The maximum atomic E-state index is 5.36. The van der Waals surface area contributed by atoms with Crippen LogP contribution < -0.4 is 5.32 Å². The first kappa shape index (κ1) is 15.4. The Morgan fingerprint density at radius 2 is 2.00 bits per heavy atom. The maximum absolute atomic E-state index is 5.36. The molecule has 0 aliphatic carbocycles. The van der Waals surface area contributed by atoms with Crippen LogP contribution in [0.3, 0.4) is 0 Å². The van der Waals surface area contributed by atoms with E-state index < -0.39 is 0 Å². The lowest BCUT2D eigenvalue weighted by Crippen LogP contribution is -2.11. The molecule has 0 spiro atoms. The Morgan fingerprint density at radius 3 is 2.56 bits per heavy atom. The summed E-state index contributed by atoms with van der Waals surface area (Å²) in [6.45, 7) is 10.6. The Morgan fingerprint density at radius 1 is 1.28 bits per heavy atom. The number of ether oxygens (including phenoxy) is 1. The van der Waals surface area contributed by atoms with Crippen LogP contribution in [0, 0.1) is 0 Å². The predicted molar refractivity (Wildman–Crippen MR) is 78.2 cm³/mol. The summed E-state index contributed by atoms with van der Waals surface area (Å²) in [7, 11) is 0. The minimum Gasteiger partial charge on any atom is -0.381 e. The van der Waals surface area contributed by atoms with Crippen molar-refractivity contribution in [2.75, 3.05) is 25.1 Å². The van der Waals surface area contributed by atoms with E-state index in [-0.39, 0.29) is 0 Å². The van der Waals surface area contributed by atoms with Crippen LogP contribution in [0.5, 0.6) is 0 Å². The summed E-state index contributed by atoms with van der Waals surface area (Å²) >= 11 is 3.58. The Hall–Kier alpha value is -0.680. The second kappa shape index (κ2) is 7.69. The van der Waals surface area contributed by atoms with Crippen molar-refractivity contribution in [3.05, 3.63) is 16.0 Å². The number of rotatable bonds is 7. The van der Waals surface area contributed by atoms with Gasteiger partial charge in [0.2, 0.25) is 0 Å². The third-order valence-electron chi connectivity index (χ3n) is 2.49. The Bertz CT molecular complexity index is 383. The zero-order valence-corrected chi connectivity index (χ0v) is 13.2. The molecule has 0 aliphatic heterocycles. The molecule has 18 heavy (non-hydrogen) atoms. The van der Waals surface area contributed by atoms with Crippen molar-refractivity contribution in [2.45, 2.75) is 40.0 Å². The van der Waals surface area contributed by atoms with E-state index in [1.165, 1.54) is 0 Å². The highest BCUT2D eigenvalue weighted by atomic mass is 79.9. The SMILES string of the molecule is CCNc1nc(CCOCC)nc(C(C)C)c1Br. The molecule has 4 nitrogen and oxygen atoms in total. The highest BCUT2D eigenvalue weighted by Crippen LogP contribution is 2.28. The molecule has 0 amide bonds. The highest BCUT2D eigenvalue weighted by molar-refractivity contribution is 9.10. The quantitative estimate of drug-likeness (QED) is 0.784. The first-order valence-electron chi connectivity index (χ1n) is 6.48. The summed E-state index contributed by atoms with van der Waals surface area (Å²) < 4.78 is 6.33. The Balaban J connectivity index is 2.96. The largest absolute Gasteiger partial charge is 0.381 e. The minimum absolute atomic E-state index is 0.366. The van der Waals surface area contributed by atoms with E-state index in [0.717, 1.165) is 41.4 Å². The number of aromatic nitrogens is 2. The molecule has 0 atom stereocenters. The van der Waals surface area contributed by atoms with Gasteiger partial charge in [0.05, 0.1) is 16.8 Å². The average molecular weight is 316 g/mol. The topological polar surface area (TPSA) is 47.0 Å². The van der Waals surface area contributed by atoms with Gasteiger partial charge >= 0.3 is 0 Å². The standard InChI is InChI=1S/C13H22BrN3O/c1-5-15-13-11(14)12(9(3)4)16-10(17-13)7-8-18-6-2/h9H,5-8H2,1-4H3,(H,15,16,17). The molecule has 1 aromatic heterocycles. The molecule has 0 unspecified atom stereocenters. The first-order chi connectivity index (χ1) is 8.60. The van der Waals surface area contributed by atoms with Gasteiger partial charge in [-0.2, -0.15) is 0 Å². The van der Waals surface area contributed by atoms with Gasteiger partial charge < -0.3 is 10.1 Å². The van der Waals surface area contributed by atoms with E-state index in [0.29, 0.717) is 12.5 Å². The van der Waals surface area contributed by atoms with E-state index in [9.17, 15) is 0 Å². The Labute approximate surface area is 118 Å². The molecule has 0 bridgehead atoms. The van der Waals surface area contributed by atoms with Crippen LogP contribution in [0.1, 0.15) is 45.1 Å². The molecule has 0 radical (unpaired) electrons. The van der Waals surface area contributed by atoms with E-state index >= 15 is 0 Å². The van der Waals surface area contributed by atoms with Crippen LogP contribution in [-0.2, 0) is 11.2 Å². The minimum atomic E-state index is 0.366. The second-order valence-corrected chi connectivity index (χ2v) is 5.11. The van der Waals surface area contributed by atoms with Gasteiger partial charge in [-0.1, -0.05) is 13.8 Å². The number of nitrogens with zero attached hydrogens (tertiary/aromatic N) is 2. The first-order valence-corrected chi connectivity index (χ1v) is 7.27. The fraction of sp³-hybridized carbons (Fsp3) is 0.692. The average Bonchev–Trinajstić information content (AvgIpc) is 2.33. The smallest absolute Gasteiger partial charge is 0.144 e. The van der Waals surface area contributed by atoms with E-state index in [2.05, 4.69) is 52.0 Å². The summed E-state index contributed by atoms with van der Waals surface area (Å²) in [5.41, 5.74) is 1.05. The van der Waals surface area contributed by atoms with Crippen LogP contribution in [0.4, 0.5) is 5.82 Å². The van der Waals surface area contributed by atoms with E-state index in [1.54, 1.807) is 0 Å². The van der Waals surface area contributed by atoms with Crippen molar-refractivity contribution in [3.8, 4) is 0 Å². The Kier molecular flexibility index (Phi) is 6.57. The summed E-state index contributed by atoms with van der Waals surface area (Å²) in [6.07, 6.45) is 0.749. The third-order valence-corrected chi connectivity index (χ3v) is 3.27. The van der Waals surface area contributed by atoms with Gasteiger partial charge in [0.25, 0.3) is 0 Å². The summed E-state index contributed by atoms with van der Waals surface area (Å²) in [4.78, 5) is 9.14. The number of hydrogen-bond acceptors (Lipinski definition) is 4. The molecule has 1 N–H and O–H groups in total. The molecular formula is C13H22BrN3O. The molecule has 1 aromatic rings. The van der Waals surface area contributed by atoms with Crippen molar-refractivity contribution in [1.82, 2.24) is 9.97 Å². The van der Waals surface area contributed by atoms with Crippen molar-refractivity contribution in [1.29, 1.82) is 0 Å². The lowest BCUT2D eigenvalue weighted by Gasteiger charge is -2.14. The second-order valence-electron chi connectivity index (χ2n) is 4.32. The number of anilines is 1.